The van der Waals surface area contributed by atoms with E-state index in [1.165, 1.54) is 23.1 Å². The number of para-hydroxylation sites is 1. The first-order valence-corrected chi connectivity index (χ1v) is 11.3. The third-order valence-corrected chi connectivity index (χ3v) is 6.40. The molecule has 1 N–H and O–H groups in total. The molecule has 158 valence electrons. The maximum absolute atomic E-state index is 12.7. The molecular formula is C22H19N3O4S2. The van der Waals surface area contributed by atoms with Gasteiger partial charge in [0.1, 0.15) is 10.6 Å². The van der Waals surface area contributed by atoms with Gasteiger partial charge in [0, 0.05) is 22.4 Å². The van der Waals surface area contributed by atoms with Crippen LogP contribution >= 0.6 is 23.1 Å². The molecule has 2 aromatic heterocycles. The molecule has 0 atom stereocenters. The lowest BCUT2D eigenvalue weighted by molar-refractivity contribution is -0.119. The molecule has 7 nitrogen and oxygen atoms in total. The summed E-state index contributed by atoms with van der Waals surface area (Å²) in [5, 5.41) is 12.5. The van der Waals surface area contributed by atoms with Crippen LogP contribution in [0.2, 0.25) is 0 Å². The van der Waals surface area contributed by atoms with E-state index in [2.05, 4.69) is 15.5 Å². The van der Waals surface area contributed by atoms with Crippen LogP contribution in [-0.4, -0.2) is 28.7 Å². The molecule has 0 fully saturated rings. The third kappa shape index (κ3) is 5.12. The van der Waals surface area contributed by atoms with Crippen molar-refractivity contribution >= 4 is 51.6 Å². The molecule has 4 aromatic rings. The minimum Gasteiger partial charge on any atom is -0.450 e. The highest BCUT2D eigenvalue weighted by molar-refractivity contribution is 8.00. The molecule has 0 saturated heterocycles. The molecule has 9 heteroatoms. The van der Waals surface area contributed by atoms with Crippen LogP contribution in [0.3, 0.4) is 0 Å². The Balaban J connectivity index is 1.46. The van der Waals surface area contributed by atoms with Crippen molar-refractivity contribution in [2.45, 2.75) is 23.9 Å². The Morgan fingerprint density at radius 3 is 2.61 bits per heavy atom. The lowest BCUT2D eigenvalue weighted by atomic mass is 10.1. The van der Waals surface area contributed by atoms with E-state index in [9.17, 15) is 9.59 Å². The van der Waals surface area contributed by atoms with Crippen LogP contribution < -0.4 is 5.32 Å². The highest BCUT2D eigenvalue weighted by Crippen LogP contribution is 2.33. The van der Waals surface area contributed by atoms with Gasteiger partial charge in [-0.1, -0.05) is 59.0 Å². The van der Waals surface area contributed by atoms with E-state index >= 15 is 0 Å². The molecule has 0 bridgehead atoms. The summed E-state index contributed by atoms with van der Waals surface area (Å²) in [5.74, 6) is -0.544. The van der Waals surface area contributed by atoms with Crippen LogP contribution in [0.25, 0.3) is 11.0 Å². The number of hydrogen-bond acceptors (Lipinski definition) is 8. The number of carbonyl (C=O) groups excluding carboxylic acids is 2. The Hall–Kier alpha value is -3.17. The van der Waals surface area contributed by atoms with E-state index in [1.807, 2.05) is 44.2 Å². The molecule has 0 spiro atoms. The molecule has 0 saturated carbocycles. The number of esters is 1. The fourth-order valence-electron chi connectivity index (χ4n) is 2.91. The number of aryl methyl sites for hydroxylation is 2. The van der Waals surface area contributed by atoms with Crippen LogP contribution in [0, 0.1) is 13.8 Å². The number of nitrogens with zero attached hydrogens (tertiary/aromatic N) is 2. The first kappa shape index (κ1) is 21.1. The molecule has 0 unspecified atom stereocenters. The fraction of sp³-hybridized carbons (Fsp3) is 0.182. The highest BCUT2D eigenvalue weighted by atomic mass is 32.2. The second kappa shape index (κ2) is 9.32. The summed E-state index contributed by atoms with van der Waals surface area (Å²) >= 11 is 2.96. The van der Waals surface area contributed by atoms with E-state index in [4.69, 9.17) is 9.15 Å². The number of furan rings is 1. The molecular weight excluding hydrogens is 434 g/mol. The Morgan fingerprint density at radius 1 is 1.10 bits per heavy atom. The Morgan fingerprint density at radius 2 is 1.87 bits per heavy atom. The zero-order chi connectivity index (χ0) is 21.8. The van der Waals surface area contributed by atoms with Crippen LogP contribution in [-0.2, 0) is 15.3 Å². The standard InChI is InChI=1S/C22H19N3O4S2/c1-13-7-9-15(10-8-13)23-19(26)11-28-21(27)20-17(12-30-22-25-24-14(2)31-22)16-5-3-4-6-18(16)29-20/h3-10H,11-12H2,1-2H3,(H,23,26). The minimum atomic E-state index is -0.681. The summed E-state index contributed by atoms with van der Waals surface area (Å²) in [6.07, 6.45) is 0. The molecule has 1 amide bonds. The lowest BCUT2D eigenvalue weighted by Gasteiger charge is -2.07. The van der Waals surface area contributed by atoms with Gasteiger partial charge in [-0.2, -0.15) is 0 Å². The number of aromatic nitrogens is 2. The second-order valence-corrected chi connectivity index (χ2v) is 9.18. The van der Waals surface area contributed by atoms with Gasteiger partial charge in [-0.05, 0) is 32.0 Å². The number of thioether (sulfide) groups is 1. The summed E-state index contributed by atoms with van der Waals surface area (Å²) in [7, 11) is 0. The first-order chi connectivity index (χ1) is 15.0. The number of nitrogens with one attached hydrogen (secondary N) is 1. The normalized spacial score (nSPS) is 10.9. The van der Waals surface area contributed by atoms with E-state index in [0.717, 1.165) is 20.3 Å². The number of rotatable bonds is 7. The van der Waals surface area contributed by atoms with Crippen LogP contribution in [0.5, 0.6) is 0 Å². The van der Waals surface area contributed by atoms with E-state index in [0.29, 0.717) is 22.6 Å². The molecule has 0 radical (unpaired) electrons. The van der Waals surface area contributed by atoms with E-state index < -0.39 is 18.5 Å². The molecule has 2 aromatic carbocycles. The summed E-state index contributed by atoms with van der Waals surface area (Å²) in [5.41, 5.74) is 3.02. The monoisotopic (exact) mass is 453 g/mol. The van der Waals surface area contributed by atoms with Gasteiger partial charge >= 0.3 is 5.97 Å². The predicted molar refractivity (Wildman–Crippen MR) is 121 cm³/mol. The summed E-state index contributed by atoms with van der Waals surface area (Å²) in [6.45, 7) is 3.44. The van der Waals surface area contributed by atoms with Gasteiger partial charge in [0.05, 0.1) is 0 Å². The van der Waals surface area contributed by atoms with E-state index in [1.54, 1.807) is 18.2 Å². The number of anilines is 1. The Kier molecular flexibility index (Phi) is 6.34. The lowest BCUT2D eigenvalue weighted by Crippen LogP contribution is -2.21. The van der Waals surface area contributed by atoms with Gasteiger partial charge in [-0.3, -0.25) is 4.79 Å². The molecule has 0 aliphatic rings. The highest BCUT2D eigenvalue weighted by Gasteiger charge is 2.23. The van der Waals surface area contributed by atoms with Crippen molar-refractivity contribution in [1.82, 2.24) is 10.2 Å². The zero-order valence-electron chi connectivity index (χ0n) is 16.9. The average molecular weight is 454 g/mol. The Labute approximate surface area is 186 Å². The number of fused-ring (bicyclic) bond motifs is 1. The van der Waals surface area contributed by atoms with Crippen LogP contribution in [0.15, 0.2) is 57.3 Å². The predicted octanol–water partition coefficient (Wildman–Crippen LogP) is 4.99. The quantitative estimate of drug-likeness (QED) is 0.311. The first-order valence-electron chi connectivity index (χ1n) is 9.46. The fourth-order valence-corrected chi connectivity index (χ4v) is 4.75. The zero-order valence-corrected chi connectivity index (χ0v) is 18.5. The number of carbonyl (C=O) groups is 2. The molecule has 0 aliphatic heterocycles. The van der Waals surface area contributed by atoms with E-state index in [-0.39, 0.29) is 5.76 Å². The number of benzene rings is 2. The van der Waals surface area contributed by atoms with Crippen molar-refractivity contribution in [3.63, 3.8) is 0 Å². The van der Waals surface area contributed by atoms with Gasteiger partial charge < -0.3 is 14.5 Å². The minimum absolute atomic E-state index is 0.0954. The van der Waals surface area contributed by atoms with Gasteiger partial charge in [-0.25, -0.2) is 4.79 Å². The maximum atomic E-state index is 12.7. The van der Waals surface area contributed by atoms with Gasteiger partial charge in [0.15, 0.2) is 10.9 Å². The summed E-state index contributed by atoms with van der Waals surface area (Å²) < 4.78 is 11.8. The summed E-state index contributed by atoms with van der Waals surface area (Å²) in [6, 6.07) is 14.8. The number of amides is 1. The van der Waals surface area contributed by atoms with Crippen molar-refractivity contribution in [3.8, 4) is 0 Å². The average Bonchev–Trinajstić information content (AvgIpc) is 3.35. The number of ether oxygens (including phenoxy) is 1. The smallest absolute Gasteiger partial charge is 0.375 e. The van der Waals surface area contributed by atoms with Crippen LogP contribution in [0.4, 0.5) is 5.69 Å². The Bertz CT molecular complexity index is 1230. The molecule has 2 heterocycles. The van der Waals surface area contributed by atoms with Crippen molar-refractivity contribution in [3.05, 3.63) is 70.4 Å². The largest absolute Gasteiger partial charge is 0.450 e. The van der Waals surface area contributed by atoms with Crippen molar-refractivity contribution in [2.75, 3.05) is 11.9 Å². The molecule has 0 aliphatic carbocycles. The molecule has 4 rings (SSSR count). The van der Waals surface area contributed by atoms with Crippen LogP contribution in [0.1, 0.15) is 26.7 Å². The van der Waals surface area contributed by atoms with Gasteiger partial charge in [0.25, 0.3) is 5.91 Å². The maximum Gasteiger partial charge on any atom is 0.375 e. The van der Waals surface area contributed by atoms with Gasteiger partial charge in [-0.15, -0.1) is 10.2 Å². The topological polar surface area (TPSA) is 94.3 Å². The SMILES string of the molecule is Cc1ccc(NC(=O)COC(=O)c2oc3ccccc3c2CSc2nnc(C)s2)cc1. The third-order valence-electron chi connectivity index (χ3n) is 4.40. The van der Waals surface area contributed by atoms with Crippen molar-refractivity contribution in [2.24, 2.45) is 0 Å². The van der Waals surface area contributed by atoms with Gasteiger partial charge in [0.2, 0.25) is 5.76 Å². The van der Waals surface area contributed by atoms with Crippen molar-refractivity contribution in [1.29, 1.82) is 0 Å². The second-order valence-electron chi connectivity index (χ2n) is 6.77. The van der Waals surface area contributed by atoms with Crippen molar-refractivity contribution < 1.29 is 18.7 Å². The number of hydrogen-bond donors (Lipinski definition) is 1. The summed E-state index contributed by atoms with van der Waals surface area (Å²) in [4.78, 5) is 24.9. The molecule has 31 heavy (non-hydrogen) atoms.